The van der Waals surface area contributed by atoms with Gasteiger partial charge in [-0.1, -0.05) is 43.3 Å². The number of benzene rings is 1. The van der Waals surface area contributed by atoms with Gasteiger partial charge in [0, 0.05) is 24.5 Å². The van der Waals surface area contributed by atoms with Crippen LogP contribution in [0.3, 0.4) is 0 Å². The summed E-state index contributed by atoms with van der Waals surface area (Å²) < 4.78 is 5.19. The van der Waals surface area contributed by atoms with E-state index in [1.165, 1.54) is 11.8 Å². The van der Waals surface area contributed by atoms with Crippen molar-refractivity contribution in [1.29, 1.82) is 0 Å². The summed E-state index contributed by atoms with van der Waals surface area (Å²) in [6.45, 7) is 15.0. The molecule has 0 radical (unpaired) electrons. The lowest BCUT2D eigenvalue weighted by molar-refractivity contribution is -0.138. The number of H-pyrrole nitrogens is 1. The predicted molar refractivity (Wildman–Crippen MR) is 151 cm³/mol. The molecule has 1 amide bonds. The van der Waals surface area contributed by atoms with Crippen molar-refractivity contribution in [2.45, 2.75) is 41.5 Å². The van der Waals surface area contributed by atoms with E-state index in [2.05, 4.69) is 34.0 Å². The molecule has 9 heteroatoms. The fourth-order valence-corrected chi connectivity index (χ4v) is 5.09. The summed E-state index contributed by atoms with van der Waals surface area (Å²) in [6, 6.07) is 7.58. The molecule has 3 N–H and O–H groups in total. The maximum atomic E-state index is 12.9. The van der Waals surface area contributed by atoms with Crippen molar-refractivity contribution in [2.24, 2.45) is 4.99 Å². The summed E-state index contributed by atoms with van der Waals surface area (Å²) >= 11 is 1.19. The van der Waals surface area contributed by atoms with Gasteiger partial charge >= 0.3 is 5.97 Å². The zero-order valence-corrected chi connectivity index (χ0v) is 23.2. The number of aromatic nitrogens is 1. The lowest BCUT2D eigenvalue weighted by atomic mass is 10.1. The van der Waals surface area contributed by atoms with Crippen LogP contribution in [0.5, 0.6) is 0 Å². The molecule has 0 spiro atoms. The van der Waals surface area contributed by atoms with E-state index in [0.29, 0.717) is 33.4 Å². The van der Waals surface area contributed by atoms with Crippen molar-refractivity contribution in [2.75, 3.05) is 32.8 Å². The monoisotopic (exact) mass is 524 g/mol. The second-order valence-electron chi connectivity index (χ2n) is 8.75. The van der Waals surface area contributed by atoms with Gasteiger partial charge in [-0.15, -0.1) is 0 Å². The number of carbonyl (C=O) groups is 2. The van der Waals surface area contributed by atoms with Crippen LogP contribution in [0.25, 0.3) is 6.08 Å². The Kier molecular flexibility index (Phi) is 9.77. The van der Waals surface area contributed by atoms with Crippen LogP contribution in [0.4, 0.5) is 5.69 Å². The van der Waals surface area contributed by atoms with Crippen molar-refractivity contribution in [3.8, 4) is 0 Å². The number of hydrogen-bond acceptors (Lipinski definition) is 7. The number of hydrogen-bond donors (Lipinski definition) is 3. The highest BCUT2D eigenvalue weighted by molar-refractivity contribution is 8.18. The maximum Gasteiger partial charge on any atom is 0.344 e. The third-order valence-electron chi connectivity index (χ3n) is 6.22. The zero-order chi connectivity index (χ0) is 27.1. The third-order valence-corrected chi connectivity index (χ3v) is 7.24. The number of esters is 1. The lowest BCUT2D eigenvalue weighted by Crippen LogP contribution is -2.35. The first-order valence-corrected chi connectivity index (χ1v) is 13.4. The van der Waals surface area contributed by atoms with Crippen molar-refractivity contribution >= 4 is 40.4 Å². The Bertz CT molecular complexity index is 1240. The molecule has 0 fully saturated rings. The van der Waals surface area contributed by atoms with Gasteiger partial charge in [0.15, 0.2) is 0 Å². The second-order valence-corrected chi connectivity index (χ2v) is 9.78. The molecular weight excluding hydrogens is 488 g/mol. The number of thioether (sulfide) groups is 1. The molecule has 1 aromatic carbocycles. The third kappa shape index (κ3) is 6.72. The number of aliphatic imine (C=N–C) groups is 1. The number of nitrogens with one attached hydrogen (secondary N) is 2. The first-order chi connectivity index (χ1) is 17.7. The first kappa shape index (κ1) is 28.3. The van der Waals surface area contributed by atoms with Crippen LogP contribution in [0, 0.1) is 20.8 Å². The normalized spacial score (nSPS) is 15.8. The molecule has 0 aliphatic carbocycles. The second kappa shape index (κ2) is 12.8. The van der Waals surface area contributed by atoms with Gasteiger partial charge in [0.2, 0.25) is 0 Å². The van der Waals surface area contributed by atoms with Gasteiger partial charge < -0.3 is 25.0 Å². The van der Waals surface area contributed by atoms with Gasteiger partial charge in [0.25, 0.3) is 5.91 Å². The van der Waals surface area contributed by atoms with Crippen LogP contribution in [-0.2, 0) is 9.53 Å². The Morgan fingerprint density at radius 1 is 1.14 bits per heavy atom. The van der Waals surface area contributed by atoms with Gasteiger partial charge in [-0.3, -0.25) is 4.79 Å². The van der Waals surface area contributed by atoms with E-state index >= 15 is 0 Å². The molecule has 0 saturated heterocycles. The smallest absolute Gasteiger partial charge is 0.344 e. The Morgan fingerprint density at radius 2 is 1.81 bits per heavy atom. The fourth-order valence-electron chi connectivity index (χ4n) is 4.07. The highest BCUT2D eigenvalue weighted by Gasteiger charge is 2.33. The summed E-state index contributed by atoms with van der Waals surface area (Å²) in [5, 5.41) is 14.4. The highest BCUT2D eigenvalue weighted by atomic mass is 32.2. The quantitative estimate of drug-likeness (QED) is 0.369. The molecule has 1 aliphatic rings. The molecule has 3 rings (SSSR count). The average Bonchev–Trinajstić information content (AvgIpc) is 3.32. The predicted octanol–water partition coefficient (Wildman–Crippen LogP) is 5.20. The van der Waals surface area contributed by atoms with Gasteiger partial charge in [-0.05, 0) is 64.6 Å². The van der Waals surface area contributed by atoms with Crippen LogP contribution in [0.15, 0.2) is 45.5 Å². The largest absolute Gasteiger partial charge is 0.506 e. The van der Waals surface area contributed by atoms with Crippen molar-refractivity contribution < 1.29 is 19.4 Å². The molecule has 8 nitrogen and oxygen atoms in total. The summed E-state index contributed by atoms with van der Waals surface area (Å²) in [5.41, 5.74) is 4.56. The van der Waals surface area contributed by atoms with Gasteiger partial charge in [0.05, 0.1) is 22.8 Å². The van der Waals surface area contributed by atoms with Crippen LogP contribution >= 0.6 is 11.8 Å². The summed E-state index contributed by atoms with van der Waals surface area (Å²) in [7, 11) is 0. The number of nitrogens with zero attached hydrogens (tertiary/aromatic N) is 2. The van der Waals surface area contributed by atoms with Gasteiger partial charge in [-0.25, -0.2) is 9.79 Å². The molecule has 2 heterocycles. The van der Waals surface area contributed by atoms with Gasteiger partial charge in [-0.2, -0.15) is 0 Å². The Balaban J connectivity index is 1.91. The lowest BCUT2D eigenvalue weighted by Gasteiger charge is -2.18. The minimum Gasteiger partial charge on any atom is -0.506 e. The number of likely N-dealkylation sites (N-methyl/N-ethyl adjacent to an activating group) is 1. The summed E-state index contributed by atoms with van der Waals surface area (Å²) in [4.78, 5) is 36.2. The Morgan fingerprint density at radius 3 is 2.43 bits per heavy atom. The topological polar surface area (TPSA) is 107 Å². The minimum atomic E-state index is -0.630. The Hall–Kier alpha value is -3.30. The minimum absolute atomic E-state index is 0.0361. The SMILES string of the molecule is CCOC(=O)C1=C(O)/C(=C\c2[nH]c(C)c(C(=O)NCCN(CC)CC)c2C)SC1=Nc1ccc(C)cc1. The molecule has 37 heavy (non-hydrogen) atoms. The molecule has 1 aromatic heterocycles. The van der Waals surface area contributed by atoms with E-state index < -0.39 is 5.97 Å². The standard InChI is InChI=1S/C28H36N4O4S/c1-7-32(8-2)15-14-29-26(34)23-18(5)21(30-19(23)6)16-22-25(33)24(28(35)36-9-3)27(37-22)31-20-12-10-17(4)11-13-20/h10-13,16,30,33H,7-9,14-15H2,1-6H3,(H,29,34)/b22-16+,31-27?. The van der Waals surface area contributed by atoms with Crippen LogP contribution in [0.1, 0.15) is 53.6 Å². The van der Waals surface area contributed by atoms with Gasteiger partial charge in [0.1, 0.15) is 16.4 Å². The average molecular weight is 525 g/mol. The van der Waals surface area contributed by atoms with Crippen molar-refractivity contribution in [3.63, 3.8) is 0 Å². The number of rotatable bonds is 10. The van der Waals surface area contributed by atoms with E-state index in [-0.39, 0.29) is 23.8 Å². The maximum absolute atomic E-state index is 12.9. The number of aliphatic hydroxyl groups excluding tert-OH is 1. The molecule has 0 bridgehead atoms. The van der Waals surface area contributed by atoms with Crippen molar-refractivity contribution in [1.82, 2.24) is 15.2 Å². The molecule has 2 aromatic rings. The number of ether oxygens (including phenoxy) is 1. The van der Waals surface area contributed by atoms with Crippen LogP contribution in [-0.4, -0.2) is 64.7 Å². The zero-order valence-electron chi connectivity index (χ0n) is 22.4. The number of aryl methyl sites for hydroxylation is 2. The molecule has 198 valence electrons. The molecule has 0 unspecified atom stereocenters. The molecule has 1 aliphatic heterocycles. The Labute approximate surface area is 222 Å². The van der Waals surface area contributed by atoms with Crippen LogP contribution < -0.4 is 5.32 Å². The summed E-state index contributed by atoms with van der Waals surface area (Å²) in [6.07, 6.45) is 1.74. The summed E-state index contributed by atoms with van der Waals surface area (Å²) in [5.74, 6) is -0.962. The van der Waals surface area contributed by atoms with E-state index in [9.17, 15) is 14.7 Å². The van der Waals surface area contributed by atoms with E-state index in [1.54, 1.807) is 13.0 Å². The van der Waals surface area contributed by atoms with E-state index in [1.807, 2.05) is 45.0 Å². The molecule has 0 saturated carbocycles. The molecule has 0 atom stereocenters. The van der Waals surface area contributed by atoms with Crippen molar-refractivity contribution in [3.05, 3.63) is 68.6 Å². The van der Waals surface area contributed by atoms with E-state index in [4.69, 9.17) is 4.74 Å². The highest BCUT2D eigenvalue weighted by Crippen LogP contribution is 2.40. The number of amides is 1. The fraction of sp³-hybridized carbons (Fsp3) is 0.393. The van der Waals surface area contributed by atoms with E-state index in [0.717, 1.165) is 36.5 Å². The number of aliphatic hydroxyl groups is 1. The molecular formula is C28H36N4O4S. The van der Waals surface area contributed by atoms with Crippen LogP contribution in [0.2, 0.25) is 0 Å². The number of carbonyl (C=O) groups excluding carboxylic acids is 2. The first-order valence-electron chi connectivity index (χ1n) is 12.6. The number of aromatic amines is 1.